The zero-order valence-electron chi connectivity index (χ0n) is 71.6. The number of rotatable bonds is 14. The summed E-state index contributed by atoms with van der Waals surface area (Å²) in [6, 6.07) is 174. The van der Waals surface area contributed by atoms with Gasteiger partial charge in [0.1, 0.15) is 0 Å². The zero-order valence-corrected chi connectivity index (χ0v) is 71.6. The molecule has 7 aromatic heterocycles. The molecular formula is C124H78N8. The SMILES string of the molecule is c1ccc(-c2ccc(-c3ccccc3)c(-c3cc(-c4cccc(-n5c6cc(-c7ccc8c(c7)c7ccccc7n8-c7ccccc7)ccc6c6ccc(-c7ccc8c(c7)c7ccccc7n8-c7ccccc7)cc65)c4)nc(-n4c5cc(-c6ccc7c(c6)c6ccccc6n7-c6ccccc6)ccc5c5ccc(-c6ccc7c(c6)c6ccccc6n7-c6ccccc6)cc54)n3)c2)cc1. The minimum Gasteiger partial charge on any atom is -0.309 e. The Morgan fingerprint density at radius 3 is 0.750 bits per heavy atom. The Hall–Kier alpha value is -17.7. The van der Waals surface area contributed by atoms with Crippen LogP contribution in [0, 0.1) is 0 Å². The van der Waals surface area contributed by atoms with E-state index in [0.717, 1.165) is 194 Å². The molecule has 0 bridgehead atoms. The van der Waals surface area contributed by atoms with E-state index < -0.39 is 0 Å². The molecule has 27 aromatic rings. The Morgan fingerprint density at radius 1 is 0.121 bits per heavy atom. The third kappa shape index (κ3) is 11.9. The highest BCUT2D eigenvalue weighted by atomic mass is 15.2. The van der Waals surface area contributed by atoms with Crippen LogP contribution < -0.4 is 0 Å². The van der Waals surface area contributed by atoms with Gasteiger partial charge in [0.2, 0.25) is 5.95 Å². The van der Waals surface area contributed by atoms with Gasteiger partial charge in [0.05, 0.1) is 77.6 Å². The third-order valence-electron chi connectivity index (χ3n) is 27.4. The number of para-hydroxylation sites is 8. The maximum atomic E-state index is 6.10. The Labute approximate surface area is 759 Å². The second-order valence-corrected chi connectivity index (χ2v) is 34.8. The summed E-state index contributed by atoms with van der Waals surface area (Å²) in [5, 5.41) is 14.0. The number of aromatic nitrogens is 8. The summed E-state index contributed by atoms with van der Waals surface area (Å²) in [5.41, 5.74) is 35.5. The quantitative estimate of drug-likeness (QED) is 0.109. The molecule has 0 amide bonds. The Bertz CT molecular complexity index is 8950. The molecule has 0 fully saturated rings. The van der Waals surface area contributed by atoms with Gasteiger partial charge >= 0.3 is 0 Å². The van der Waals surface area contributed by atoms with Crippen molar-refractivity contribution < 1.29 is 0 Å². The molecular weight excluding hydrogens is 1600 g/mol. The molecule has 0 atom stereocenters. The second-order valence-electron chi connectivity index (χ2n) is 34.8. The first kappa shape index (κ1) is 74.5. The molecule has 0 N–H and O–H groups in total. The summed E-state index contributed by atoms with van der Waals surface area (Å²) in [6.07, 6.45) is 0. The van der Waals surface area contributed by atoms with Crippen LogP contribution in [0.15, 0.2) is 473 Å². The largest absolute Gasteiger partial charge is 0.309 e. The predicted molar refractivity (Wildman–Crippen MR) is 552 cm³/mol. The molecule has 132 heavy (non-hydrogen) atoms. The van der Waals surface area contributed by atoms with Crippen molar-refractivity contribution in [2.75, 3.05) is 0 Å². The van der Waals surface area contributed by atoms with Crippen LogP contribution in [-0.2, 0) is 0 Å². The summed E-state index contributed by atoms with van der Waals surface area (Å²) in [5.74, 6) is 0.535. The molecule has 20 aromatic carbocycles. The van der Waals surface area contributed by atoms with Gasteiger partial charge in [0.25, 0.3) is 0 Å². The van der Waals surface area contributed by atoms with E-state index in [9.17, 15) is 0 Å². The normalized spacial score (nSPS) is 11.9. The van der Waals surface area contributed by atoms with Crippen molar-refractivity contribution in [3.8, 4) is 124 Å². The van der Waals surface area contributed by atoms with Gasteiger partial charge in [-0.3, -0.25) is 4.57 Å². The van der Waals surface area contributed by atoms with Gasteiger partial charge in [0.15, 0.2) is 0 Å². The van der Waals surface area contributed by atoms with Gasteiger partial charge in [-0.2, -0.15) is 0 Å². The summed E-state index contributed by atoms with van der Waals surface area (Å²) >= 11 is 0. The van der Waals surface area contributed by atoms with Crippen LogP contribution in [0.4, 0.5) is 0 Å². The lowest BCUT2D eigenvalue weighted by Gasteiger charge is -2.17. The van der Waals surface area contributed by atoms with Crippen molar-refractivity contribution in [2.45, 2.75) is 0 Å². The lowest BCUT2D eigenvalue weighted by molar-refractivity contribution is 0.995. The second kappa shape index (κ2) is 30.0. The smallest absolute Gasteiger partial charge is 0.235 e. The molecule has 614 valence electrons. The lowest BCUT2D eigenvalue weighted by Crippen LogP contribution is -2.05. The van der Waals surface area contributed by atoms with Gasteiger partial charge in [-0.1, -0.05) is 303 Å². The Balaban J connectivity index is 0.698. The fourth-order valence-electron chi connectivity index (χ4n) is 21.3. The van der Waals surface area contributed by atoms with Crippen LogP contribution in [0.25, 0.3) is 254 Å². The number of hydrogen-bond acceptors (Lipinski definition) is 2. The monoisotopic (exact) mass is 1680 g/mol. The molecule has 7 heterocycles. The van der Waals surface area contributed by atoms with E-state index in [-0.39, 0.29) is 0 Å². The van der Waals surface area contributed by atoms with E-state index in [4.69, 9.17) is 9.97 Å². The molecule has 0 aliphatic carbocycles. The van der Waals surface area contributed by atoms with E-state index in [2.05, 4.69) is 501 Å². The maximum Gasteiger partial charge on any atom is 0.235 e. The van der Waals surface area contributed by atoms with E-state index in [1.165, 1.54) is 54.1 Å². The van der Waals surface area contributed by atoms with Gasteiger partial charge < -0.3 is 22.8 Å². The third-order valence-corrected chi connectivity index (χ3v) is 27.4. The van der Waals surface area contributed by atoms with Gasteiger partial charge in [-0.15, -0.1) is 0 Å². The highest BCUT2D eigenvalue weighted by Crippen LogP contribution is 2.47. The van der Waals surface area contributed by atoms with Crippen LogP contribution in [0.3, 0.4) is 0 Å². The first-order valence-corrected chi connectivity index (χ1v) is 45.2. The summed E-state index contributed by atoms with van der Waals surface area (Å²) < 4.78 is 14.4. The minimum absolute atomic E-state index is 0.535. The van der Waals surface area contributed by atoms with Gasteiger partial charge in [-0.05, 0) is 237 Å². The first-order valence-electron chi connectivity index (χ1n) is 45.2. The number of hydrogen-bond donors (Lipinski definition) is 0. The molecule has 8 nitrogen and oxygen atoms in total. The molecule has 8 heteroatoms. The molecule has 0 aliphatic heterocycles. The van der Waals surface area contributed by atoms with Crippen molar-refractivity contribution in [2.24, 2.45) is 0 Å². The Morgan fingerprint density at radius 2 is 0.379 bits per heavy atom. The van der Waals surface area contributed by atoms with Crippen molar-refractivity contribution in [3.63, 3.8) is 0 Å². The molecule has 0 unspecified atom stereocenters. The highest BCUT2D eigenvalue weighted by Gasteiger charge is 2.26. The number of benzene rings is 20. The van der Waals surface area contributed by atoms with Crippen molar-refractivity contribution in [1.82, 2.24) is 37.4 Å². The standard InChI is InChI=1S/C124H78N8/c1-7-28-79(29-8-1)81-50-59-96(80-30-9-2-10-31-80)105(69-81)111-78-110(125-124(126-111)132-122-76-88(84-57-66-118-108(72-84)99-44-21-25-48-114(99)129(118)93-37-15-5-16-38-93)53-62-103(122)104-63-54-89(77-123(104)132)85-58-67-119-109(73-85)100-45-22-26-49-115(100)130(119)94-39-17-6-18-40-94)90-32-27-41-95(68-90)131-120-74-86(82-55-64-116-106(70-82)97-42-19-23-46-112(97)127(116)91-33-11-3-12-34-91)51-60-101(120)102-61-52-87(75-121(102)131)83-56-65-117-107(71-83)98-43-20-24-47-113(98)128(117)92-35-13-4-14-36-92/h1-78H. The molecule has 0 spiro atoms. The summed E-state index contributed by atoms with van der Waals surface area (Å²) in [7, 11) is 0. The average Bonchev–Trinajstić information content (AvgIpc) is 1.56. The van der Waals surface area contributed by atoms with Gasteiger partial charge in [0, 0.05) is 104 Å². The van der Waals surface area contributed by atoms with Crippen molar-refractivity contribution >= 4 is 131 Å². The summed E-state index contributed by atoms with van der Waals surface area (Å²) in [6.45, 7) is 0. The highest BCUT2D eigenvalue weighted by molar-refractivity contribution is 6.18. The number of fused-ring (bicyclic) bond motifs is 18. The Kier molecular flexibility index (Phi) is 16.9. The average molecular weight is 1680 g/mol. The van der Waals surface area contributed by atoms with Crippen LogP contribution in [0.1, 0.15) is 0 Å². The molecule has 27 rings (SSSR count). The van der Waals surface area contributed by atoms with Crippen molar-refractivity contribution in [1.29, 1.82) is 0 Å². The topological polar surface area (TPSA) is 55.4 Å². The number of nitrogens with zero attached hydrogens (tertiary/aromatic N) is 8. The zero-order chi connectivity index (χ0) is 86.6. The fraction of sp³-hybridized carbons (Fsp3) is 0. The molecule has 0 aliphatic rings. The lowest BCUT2D eigenvalue weighted by atomic mass is 9.92. The van der Waals surface area contributed by atoms with Crippen LogP contribution in [0.2, 0.25) is 0 Å². The maximum absolute atomic E-state index is 6.10. The summed E-state index contributed by atoms with van der Waals surface area (Å²) in [4.78, 5) is 12.2. The van der Waals surface area contributed by atoms with E-state index in [1.807, 2.05) is 0 Å². The van der Waals surface area contributed by atoms with Crippen LogP contribution in [0.5, 0.6) is 0 Å². The van der Waals surface area contributed by atoms with E-state index >= 15 is 0 Å². The fourth-order valence-corrected chi connectivity index (χ4v) is 21.3. The molecule has 0 saturated carbocycles. The first-order chi connectivity index (χ1) is 65.4. The van der Waals surface area contributed by atoms with Crippen LogP contribution >= 0.6 is 0 Å². The van der Waals surface area contributed by atoms with Crippen molar-refractivity contribution in [3.05, 3.63) is 473 Å². The van der Waals surface area contributed by atoms with Gasteiger partial charge in [-0.25, -0.2) is 9.97 Å². The predicted octanol–water partition coefficient (Wildman–Crippen LogP) is 32.4. The van der Waals surface area contributed by atoms with E-state index in [1.54, 1.807) is 0 Å². The minimum atomic E-state index is 0.535. The molecule has 0 saturated heterocycles. The van der Waals surface area contributed by atoms with Crippen LogP contribution in [-0.4, -0.2) is 37.4 Å². The molecule has 0 radical (unpaired) electrons. The van der Waals surface area contributed by atoms with E-state index in [0.29, 0.717) is 5.95 Å².